The number of benzene rings is 1. The molecule has 6 heteroatoms. The maximum absolute atomic E-state index is 13.5. The van der Waals surface area contributed by atoms with Crippen LogP contribution in [0.3, 0.4) is 0 Å². The van der Waals surface area contributed by atoms with Gasteiger partial charge in [-0.05, 0) is 41.9 Å². The standard InChI is InChI=1S/C15H21BrFNO3/c1-3-20-10-8-18(9-11-21-4-2)15(19)12-6-5-7-13(17)14(12)16/h5-7H,3-4,8-11H2,1-2H3. The highest BCUT2D eigenvalue weighted by Crippen LogP contribution is 2.21. The Hall–Kier alpha value is -0.980. The predicted molar refractivity (Wildman–Crippen MR) is 83.0 cm³/mol. The zero-order valence-electron chi connectivity index (χ0n) is 12.4. The van der Waals surface area contributed by atoms with Gasteiger partial charge in [0.05, 0.1) is 23.2 Å². The number of nitrogens with zero attached hydrogens (tertiary/aromatic N) is 1. The highest BCUT2D eigenvalue weighted by atomic mass is 79.9. The molecular formula is C15H21BrFNO3. The Kier molecular flexibility index (Phi) is 8.49. The number of hydrogen-bond donors (Lipinski definition) is 0. The molecule has 1 aromatic carbocycles. The monoisotopic (exact) mass is 361 g/mol. The summed E-state index contributed by atoms with van der Waals surface area (Å²) < 4.78 is 24.3. The van der Waals surface area contributed by atoms with Crippen molar-refractivity contribution in [3.63, 3.8) is 0 Å². The summed E-state index contributed by atoms with van der Waals surface area (Å²) in [5.74, 6) is -0.684. The highest BCUT2D eigenvalue weighted by molar-refractivity contribution is 9.10. The molecule has 1 rings (SSSR count). The Morgan fingerprint density at radius 1 is 1.19 bits per heavy atom. The topological polar surface area (TPSA) is 38.8 Å². The highest BCUT2D eigenvalue weighted by Gasteiger charge is 2.19. The van der Waals surface area contributed by atoms with Crippen LogP contribution in [0, 0.1) is 5.82 Å². The lowest BCUT2D eigenvalue weighted by molar-refractivity contribution is 0.0549. The maximum Gasteiger partial charge on any atom is 0.255 e. The van der Waals surface area contributed by atoms with Gasteiger partial charge in [-0.25, -0.2) is 4.39 Å². The Balaban J connectivity index is 2.79. The number of ether oxygens (including phenoxy) is 2. The fraction of sp³-hybridized carbons (Fsp3) is 0.533. The molecule has 0 spiro atoms. The van der Waals surface area contributed by atoms with E-state index in [1.807, 2.05) is 13.8 Å². The lowest BCUT2D eigenvalue weighted by Crippen LogP contribution is -2.37. The summed E-state index contributed by atoms with van der Waals surface area (Å²) in [4.78, 5) is 14.1. The van der Waals surface area contributed by atoms with Gasteiger partial charge < -0.3 is 14.4 Å². The minimum absolute atomic E-state index is 0.188. The summed E-state index contributed by atoms with van der Waals surface area (Å²) in [5.41, 5.74) is 0.308. The van der Waals surface area contributed by atoms with E-state index in [-0.39, 0.29) is 10.4 Å². The van der Waals surface area contributed by atoms with Crippen LogP contribution in [0.4, 0.5) is 4.39 Å². The van der Waals surface area contributed by atoms with E-state index in [9.17, 15) is 9.18 Å². The zero-order valence-corrected chi connectivity index (χ0v) is 14.0. The number of rotatable bonds is 9. The predicted octanol–water partition coefficient (Wildman–Crippen LogP) is 3.10. The van der Waals surface area contributed by atoms with Crippen LogP contribution in [0.2, 0.25) is 0 Å². The Morgan fingerprint density at radius 2 is 1.76 bits per heavy atom. The van der Waals surface area contributed by atoms with Gasteiger partial charge in [-0.15, -0.1) is 0 Å². The lowest BCUT2D eigenvalue weighted by atomic mass is 10.2. The molecule has 0 atom stereocenters. The van der Waals surface area contributed by atoms with Crippen LogP contribution in [0.25, 0.3) is 0 Å². The summed E-state index contributed by atoms with van der Waals surface area (Å²) in [6.45, 7) is 6.77. The molecule has 0 N–H and O–H groups in total. The van der Waals surface area contributed by atoms with Crippen molar-refractivity contribution in [1.82, 2.24) is 4.90 Å². The van der Waals surface area contributed by atoms with Crippen molar-refractivity contribution in [1.29, 1.82) is 0 Å². The van der Waals surface area contributed by atoms with E-state index < -0.39 is 5.82 Å². The van der Waals surface area contributed by atoms with E-state index in [4.69, 9.17) is 9.47 Å². The van der Waals surface area contributed by atoms with E-state index in [1.54, 1.807) is 11.0 Å². The average molecular weight is 362 g/mol. The first kappa shape index (κ1) is 18.1. The first-order chi connectivity index (χ1) is 10.1. The summed E-state index contributed by atoms with van der Waals surface area (Å²) in [7, 11) is 0. The number of hydrogen-bond acceptors (Lipinski definition) is 3. The van der Waals surface area contributed by atoms with Crippen LogP contribution in [-0.2, 0) is 9.47 Å². The van der Waals surface area contributed by atoms with Crippen LogP contribution >= 0.6 is 15.9 Å². The van der Waals surface area contributed by atoms with Gasteiger partial charge in [-0.2, -0.15) is 0 Å². The van der Waals surface area contributed by atoms with Gasteiger partial charge in [0.2, 0.25) is 0 Å². The number of halogens is 2. The van der Waals surface area contributed by atoms with E-state index >= 15 is 0 Å². The van der Waals surface area contributed by atoms with Gasteiger partial charge in [-0.1, -0.05) is 6.07 Å². The Labute approximate surface area is 133 Å². The summed E-state index contributed by atoms with van der Waals surface area (Å²) in [6.07, 6.45) is 0. The molecule has 4 nitrogen and oxygen atoms in total. The molecule has 0 fully saturated rings. The van der Waals surface area contributed by atoms with Crippen molar-refractivity contribution in [3.05, 3.63) is 34.1 Å². The maximum atomic E-state index is 13.5. The molecule has 0 unspecified atom stereocenters. The average Bonchev–Trinajstić information content (AvgIpc) is 2.48. The summed E-state index contributed by atoms with van der Waals surface area (Å²) in [6, 6.07) is 4.44. The molecule has 0 saturated carbocycles. The van der Waals surface area contributed by atoms with Crippen LogP contribution in [0.15, 0.2) is 22.7 Å². The second-order valence-electron chi connectivity index (χ2n) is 4.29. The molecule has 21 heavy (non-hydrogen) atoms. The fourth-order valence-corrected chi connectivity index (χ4v) is 2.23. The van der Waals surface area contributed by atoms with E-state index in [1.165, 1.54) is 12.1 Å². The molecule has 118 valence electrons. The molecule has 0 bridgehead atoms. The normalized spacial score (nSPS) is 10.7. The van der Waals surface area contributed by atoms with Crippen LogP contribution < -0.4 is 0 Å². The minimum atomic E-state index is -0.449. The molecule has 0 aromatic heterocycles. The van der Waals surface area contributed by atoms with Crippen molar-refractivity contribution in [2.75, 3.05) is 39.5 Å². The molecule has 0 saturated heterocycles. The van der Waals surface area contributed by atoms with Gasteiger partial charge in [0, 0.05) is 26.3 Å². The second-order valence-corrected chi connectivity index (χ2v) is 5.08. The van der Waals surface area contributed by atoms with Crippen LogP contribution in [-0.4, -0.2) is 50.3 Å². The van der Waals surface area contributed by atoms with E-state index in [0.29, 0.717) is 45.1 Å². The molecule has 1 aromatic rings. The number of carbonyl (C=O) groups excluding carboxylic acids is 1. The van der Waals surface area contributed by atoms with Crippen molar-refractivity contribution in [3.8, 4) is 0 Å². The van der Waals surface area contributed by atoms with Crippen LogP contribution in [0.5, 0.6) is 0 Å². The van der Waals surface area contributed by atoms with Crippen molar-refractivity contribution in [2.24, 2.45) is 0 Å². The van der Waals surface area contributed by atoms with Crippen molar-refractivity contribution < 1.29 is 18.7 Å². The first-order valence-electron chi connectivity index (χ1n) is 7.00. The van der Waals surface area contributed by atoms with E-state index in [2.05, 4.69) is 15.9 Å². The van der Waals surface area contributed by atoms with Gasteiger partial charge in [0.15, 0.2) is 0 Å². The SMILES string of the molecule is CCOCCN(CCOCC)C(=O)c1cccc(F)c1Br. The minimum Gasteiger partial charge on any atom is -0.380 e. The molecule has 1 amide bonds. The molecule has 0 aliphatic heterocycles. The van der Waals surface area contributed by atoms with Crippen molar-refractivity contribution >= 4 is 21.8 Å². The first-order valence-corrected chi connectivity index (χ1v) is 7.79. The number of amides is 1. The molecule has 0 aliphatic rings. The van der Waals surface area contributed by atoms with E-state index in [0.717, 1.165) is 0 Å². The van der Waals surface area contributed by atoms with Gasteiger partial charge in [0.1, 0.15) is 5.82 Å². The van der Waals surface area contributed by atoms with Gasteiger partial charge >= 0.3 is 0 Å². The quantitative estimate of drug-likeness (QED) is 0.634. The van der Waals surface area contributed by atoms with Gasteiger partial charge in [0.25, 0.3) is 5.91 Å². The Bertz CT molecular complexity index is 447. The largest absolute Gasteiger partial charge is 0.380 e. The third kappa shape index (κ3) is 5.73. The zero-order chi connectivity index (χ0) is 15.7. The molecule has 0 radical (unpaired) electrons. The molecule has 0 aliphatic carbocycles. The second kappa shape index (κ2) is 9.87. The third-order valence-corrected chi connectivity index (χ3v) is 3.69. The van der Waals surface area contributed by atoms with Crippen molar-refractivity contribution in [2.45, 2.75) is 13.8 Å². The smallest absolute Gasteiger partial charge is 0.255 e. The number of carbonyl (C=O) groups is 1. The molecule has 0 heterocycles. The fourth-order valence-electron chi connectivity index (χ4n) is 1.79. The summed E-state index contributed by atoms with van der Waals surface area (Å²) in [5, 5.41) is 0. The molecular weight excluding hydrogens is 341 g/mol. The van der Waals surface area contributed by atoms with Gasteiger partial charge in [-0.3, -0.25) is 4.79 Å². The van der Waals surface area contributed by atoms with Crippen LogP contribution in [0.1, 0.15) is 24.2 Å². The lowest BCUT2D eigenvalue weighted by Gasteiger charge is -2.23. The Morgan fingerprint density at radius 3 is 2.29 bits per heavy atom. The third-order valence-electron chi connectivity index (χ3n) is 2.89. The summed E-state index contributed by atoms with van der Waals surface area (Å²) >= 11 is 3.13.